The lowest BCUT2D eigenvalue weighted by Crippen LogP contribution is -2.45. The van der Waals surface area contributed by atoms with E-state index in [0.717, 1.165) is 18.4 Å². The zero-order valence-corrected chi connectivity index (χ0v) is 17.8. The maximum atomic E-state index is 13.0. The normalized spacial score (nSPS) is 18.9. The Kier molecular flexibility index (Phi) is 7.18. The molecule has 1 heterocycles. The molecule has 0 bridgehead atoms. The number of hydrogen-bond donors (Lipinski definition) is 2. The predicted molar refractivity (Wildman–Crippen MR) is 116 cm³/mol. The number of rotatable bonds is 6. The van der Waals surface area contributed by atoms with E-state index in [-0.39, 0.29) is 24.1 Å². The van der Waals surface area contributed by atoms with Crippen LogP contribution < -0.4 is 16.0 Å². The molecule has 0 fully saturated rings. The van der Waals surface area contributed by atoms with Crippen LogP contribution in [0.2, 0.25) is 5.02 Å². The first kappa shape index (κ1) is 21.6. The molecule has 2 aromatic rings. The third-order valence-corrected chi connectivity index (χ3v) is 6.49. The lowest BCUT2D eigenvalue weighted by molar-refractivity contribution is -0.119. The first-order valence-corrected chi connectivity index (χ1v) is 11.2. The van der Waals surface area contributed by atoms with Crippen LogP contribution in [-0.2, 0) is 22.5 Å². The van der Waals surface area contributed by atoms with E-state index in [1.54, 1.807) is 30.3 Å². The molecule has 0 saturated heterocycles. The third kappa shape index (κ3) is 5.11. The molecule has 3 N–H and O–H groups in total. The Balaban J connectivity index is 1.97. The Morgan fingerprint density at radius 2 is 2.03 bits per heavy atom. The van der Waals surface area contributed by atoms with Crippen LogP contribution in [0.1, 0.15) is 35.7 Å². The number of carbonyl (C=O) groups is 2. The summed E-state index contributed by atoms with van der Waals surface area (Å²) in [6, 6.07) is 11.2. The maximum absolute atomic E-state index is 13.0. The standard InChI is InChI=1S/C21H24ClN3O3S/c1-2-3-10-24-20(26)15-6-9-19-18(11-15)25(21(27)17(23)13-29(19)28)12-14-4-7-16(22)8-5-14/h4-9,11,17H,2-3,10,12-13,23H2,1H3,(H,24,26)/t17-,29?/m0/s1. The van der Waals surface area contributed by atoms with Gasteiger partial charge < -0.3 is 20.5 Å². The zero-order valence-electron chi connectivity index (χ0n) is 16.2. The zero-order chi connectivity index (χ0) is 21.0. The molecule has 0 saturated carbocycles. The average Bonchev–Trinajstić information content (AvgIpc) is 2.80. The van der Waals surface area contributed by atoms with Crippen LogP contribution in [0.5, 0.6) is 0 Å². The van der Waals surface area contributed by atoms with Crippen molar-refractivity contribution in [3.8, 4) is 0 Å². The van der Waals surface area contributed by atoms with Gasteiger partial charge >= 0.3 is 0 Å². The van der Waals surface area contributed by atoms with Crippen LogP contribution in [0.4, 0.5) is 5.69 Å². The molecule has 6 nitrogen and oxygen atoms in total. The highest BCUT2D eigenvalue weighted by Crippen LogP contribution is 2.32. The van der Waals surface area contributed by atoms with Gasteiger partial charge in [0.25, 0.3) is 5.91 Å². The van der Waals surface area contributed by atoms with Crippen molar-refractivity contribution in [1.82, 2.24) is 5.32 Å². The van der Waals surface area contributed by atoms with Crippen molar-refractivity contribution in [2.24, 2.45) is 5.73 Å². The van der Waals surface area contributed by atoms with Crippen LogP contribution in [0.25, 0.3) is 0 Å². The van der Waals surface area contributed by atoms with Crippen molar-refractivity contribution in [2.45, 2.75) is 37.2 Å². The van der Waals surface area contributed by atoms with Gasteiger partial charge in [0.15, 0.2) is 4.90 Å². The number of carbonyl (C=O) groups excluding carboxylic acids is 2. The minimum Gasteiger partial charge on any atom is -0.611 e. The number of amides is 2. The number of nitrogens with zero attached hydrogens (tertiary/aromatic N) is 1. The topological polar surface area (TPSA) is 98.5 Å². The van der Waals surface area contributed by atoms with Crippen LogP contribution in [0, 0.1) is 0 Å². The van der Waals surface area contributed by atoms with E-state index in [4.69, 9.17) is 17.3 Å². The Labute approximate surface area is 178 Å². The fraction of sp³-hybridized carbons (Fsp3) is 0.333. The minimum atomic E-state index is -1.43. The fourth-order valence-corrected chi connectivity index (χ4v) is 4.52. The molecule has 29 heavy (non-hydrogen) atoms. The molecule has 0 aliphatic carbocycles. The Morgan fingerprint density at radius 3 is 2.72 bits per heavy atom. The molecule has 1 unspecified atom stereocenters. The summed E-state index contributed by atoms with van der Waals surface area (Å²) in [5.41, 5.74) is 7.74. The SMILES string of the molecule is CCCCNC(=O)c1ccc2c(c1)N(Cc1ccc(Cl)cc1)C(=O)[C@@H](N)C[S+]2[O-]. The highest BCUT2D eigenvalue weighted by molar-refractivity contribution is 7.91. The van der Waals surface area contributed by atoms with Crippen molar-refractivity contribution in [3.05, 3.63) is 58.6 Å². The van der Waals surface area contributed by atoms with Crippen molar-refractivity contribution >= 4 is 40.3 Å². The summed E-state index contributed by atoms with van der Waals surface area (Å²) in [7, 11) is 0. The number of hydrogen-bond acceptors (Lipinski definition) is 4. The summed E-state index contributed by atoms with van der Waals surface area (Å²) in [6.07, 6.45) is 1.86. The van der Waals surface area contributed by atoms with E-state index in [1.165, 1.54) is 4.90 Å². The van der Waals surface area contributed by atoms with E-state index in [2.05, 4.69) is 5.32 Å². The average molecular weight is 434 g/mol. The quantitative estimate of drug-likeness (QED) is 0.540. The summed E-state index contributed by atoms with van der Waals surface area (Å²) in [5.74, 6) is -0.500. The summed E-state index contributed by atoms with van der Waals surface area (Å²) in [6.45, 7) is 2.87. The van der Waals surface area contributed by atoms with Gasteiger partial charge in [-0.15, -0.1) is 0 Å². The molecule has 8 heteroatoms. The second-order valence-electron chi connectivity index (χ2n) is 6.96. The summed E-state index contributed by atoms with van der Waals surface area (Å²) in [5, 5.41) is 3.46. The second-order valence-corrected chi connectivity index (χ2v) is 8.86. The second kappa shape index (κ2) is 9.63. The van der Waals surface area contributed by atoms with Crippen LogP contribution >= 0.6 is 11.6 Å². The van der Waals surface area contributed by atoms with Crippen LogP contribution in [0.15, 0.2) is 47.4 Å². The largest absolute Gasteiger partial charge is 0.611 e. The summed E-state index contributed by atoms with van der Waals surface area (Å²) < 4.78 is 12.7. The van der Waals surface area contributed by atoms with Gasteiger partial charge in [-0.05, 0) is 53.5 Å². The smallest absolute Gasteiger partial charge is 0.251 e. The van der Waals surface area contributed by atoms with Gasteiger partial charge in [-0.3, -0.25) is 9.59 Å². The molecule has 154 valence electrons. The highest BCUT2D eigenvalue weighted by Gasteiger charge is 2.36. The highest BCUT2D eigenvalue weighted by atomic mass is 35.5. The molecular formula is C21H24ClN3O3S. The molecular weight excluding hydrogens is 410 g/mol. The minimum absolute atomic E-state index is 0.0466. The first-order chi connectivity index (χ1) is 13.9. The molecule has 0 spiro atoms. The van der Waals surface area contributed by atoms with Gasteiger partial charge in [0, 0.05) is 17.1 Å². The van der Waals surface area contributed by atoms with E-state index < -0.39 is 17.2 Å². The molecule has 2 aromatic carbocycles. The monoisotopic (exact) mass is 433 g/mol. The van der Waals surface area contributed by atoms with Crippen molar-refractivity contribution in [1.29, 1.82) is 0 Å². The van der Waals surface area contributed by atoms with Crippen LogP contribution in [-0.4, -0.2) is 34.7 Å². The van der Waals surface area contributed by atoms with Gasteiger partial charge in [-0.1, -0.05) is 37.1 Å². The molecule has 2 amide bonds. The van der Waals surface area contributed by atoms with Crippen molar-refractivity contribution in [3.63, 3.8) is 0 Å². The Hall–Kier alpha value is -2.06. The third-order valence-electron chi connectivity index (χ3n) is 4.74. The Morgan fingerprint density at radius 1 is 1.31 bits per heavy atom. The number of fused-ring (bicyclic) bond motifs is 1. The van der Waals surface area contributed by atoms with Gasteiger partial charge in [0.1, 0.15) is 17.5 Å². The molecule has 1 aliphatic rings. The number of nitrogens with two attached hydrogens (primary N) is 1. The van der Waals surface area contributed by atoms with Gasteiger partial charge in [-0.2, -0.15) is 0 Å². The molecule has 1 aliphatic heterocycles. The fourth-order valence-electron chi connectivity index (χ4n) is 3.12. The van der Waals surface area contributed by atoms with E-state index in [9.17, 15) is 14.1 Å². The van der Waals surface area contributed by atoms with Crippen molar-refractivity contribution in [2.75, 3.05) is 17.2 Å². The van der Waals surface area contributed by atoms with Crippen molar-refractivity contribution < 1.29 is 14.1 Å². The maximum Gasteiger partial charge on any atom is 0.251 e. The first-order valence-electron chi connectivity index (χ1n) is 9.52. The number of nitrogens with one attached hydrogen (secondary N) is 1. The predicted octanol–water partition coefficient (Wildman–Crippen LogP) is 2.85. The van der Waals surface area contributed by atoms with E-state index in [0.29, 0.717) is 27.7 Å². The lowest BCUT2D eigenvalue weighted by atomic mass is 10.1. The molecule has 3 rings (SSSR count). The lowest BCUT2D eigenvalue weighted by Gasteiger charge is -2.23. The Bertz CT molecular complexity index is 891. The number of benzene rings is 2. The summed E-state index contributed by atoms with van der Waals surface area (Å²) >= 11 is 4.52. The van der Waals surface area contributed by atoms with Crippen LogP contribution in [0.3, 0.4) is 0 Å². The summed E-state index contributed by atoms with van der Waals surface area (Å²) in [4.78, 5) is 27.5. The molecule has 2 atom stereocenters. The molecule has 0 aromatic heterocycles. The number of unbranched alkanes of at least 4 members (excludes halogenated alkanes) is 1. The van der Waals surface area contributed by atoms with Gasteiger partial charge in [-0.25, -0.2) is 0 Å². The van der Waals surface area contributed by atoms with Gasteiger partial charge in [0.2, 0.25) is 5.91 Å². The molecule has 0 radical (unpaired) electrons. The number of anilines is 1. The number of halogens is 1. The van der Waals surface area contributed by atoms with E-state index >= 15 is 0 Å². The van der Waals surface area contributed by atoms with Gasteiger partial charge in [0.05, 0.1) is 6.54 Å². The van der Waals surface area contributed by atoms with E-state index in [1.807, 2.05) is 19.1 Å².